The summed E-state index contributed by atoms with van der Waals surface area (Å²) in [5.41, 5.74) is 2.40. The molecule has 110 valence electrons. The van der Waals surface area contributed by atoms with Crippen LogP contribution >= 0.6 is 11.3 Å². The molecule has 0 saturated carbocycles. The third kappa shape index (κ3) is 3.76. The second-order valence-electron chi connectivity index (χ2n) is 4.17. The number of nitrogens with one attached hydrogen (secondary N) is 2. The number of carbonyl (C=O) groups excluding carboxylic acids is 1. The molecule has 0 radical (unpaired) electrons. The molecule has 7 nitrogen and oxygen atoms in total. The highest BCUT2D eigenvalue weighted by molar-refractivity contribution is 7.09. The number of hydrogen-bond donors (Lipinski definition) is 2. The predicted molar refractivity (Wildman–Crippen MR) is 80.5 cm³/mol. The van der Waals surface area contributed by atoms with E-state index in [2.05, 4.69) is 15.6 Å². The molecule has 0 fully saturated rings. The highest BCUT2D eigenvalue weighted by Crippen LogP contribution is 2.22. The smallest absolute Gasteiger partial charge is 0.270 e. The molecule has 1 aromatic heterocycles. The number of nitro groups is 1. The van der Waals surface area contributed by atoms with Gasteiger partial charge in [0.15, 0.2) is 0 Å². The number of rotatable bonds is 6. The average Bonchev–Trinajstić information content (AvgIpc) is 2.98. The van der Waals surface area contributed by atoms with Crippen LogP contribution in [0.1, 0.15) is 22.2 Å². The maximum Gasteiger partial charge on any atom is 0.270 e. The predicted octanol–water partition coefficient (Wildman–Crippen LogP) is 2.41. The fourth-order valence-corrected chi connectivity index (χ4v) is 2.30. The number of non-ortho nitro benzene ring substituents is 1. The maximum absolute atomic E-state index is 12.2. The van der Waals surface area contributed by atoms with Gasteiger partial charge >= 0.3 is 0 Å². The normalized spacial score (nSPS) is 10.1. The van der Waals surface area contributed by atoms with Crippen LogP contribution in [0.25, 0.3) is 0 Å². The molecule has 8 heteroatoms. The molecule has 2 N–H and O–H groups in total. The van der Waals surface area contributed by atoms with Crippen LogP contribution in [0.4, 0.5) is 11.4 Å². The second-order valence-corrected chi connectivity index (χ2v) is 5.14. The number of benzene rings is 1. The van der Waals surface area contributed by atoms with E-state index in [1.807, 2.05) is 6.92 Å². The molecule has 1 aromatic carbocycles. The van der Waals surface area contributed by atoms with Gasteiger partial charge in [-0.3, -0.25) is 19.9 Å². The molecule has 0 unspecified atom stereocenters. The topological polar surface area (TPSA) is 97.2 Å². The van der Waals surface area contributed by atoms with Gasteiger partial charge in [0.2, 0.25) is 0 Å². The van der Waals surface area contributed by atoms with Crippen LogP contribution in [0.5, 0.6) is 0 Å². The molecule has 0 aliphatic heterocycles. The number of aromatic nitrogens is 1. The summed E-state index contributed by atoms with van der Waals surface area (Å²) < 4.78 is 0. The van der Waals surface area contributed by atoms with E-state index in [9.17, 15) is 14.9 Å². The Hall–Kier alpha value is -2.48. The summed E-state index contributed by atoms with van der Waals surface area (Å²) in [7, 11) is 0. The highest BCUT2D eigenvalue weighted by atomic mass is 32.1. The fraction of sp³-hybridized carbons (Fsp3) is 0.231. The zero-order chi connectivity index (χ0) is 15.2. The van der Waals surface area contributed by atoms with Crippen LogP contribution in [-0.2, 0) is 6.54 Å². The number of nitrogens with zero attached hydrogens (tertiary/aromatic N) is 2. The molecule has 2 rings (SSSR count). The van der Waals surface area contributed by atoms with Crippen molar-refractivity contribution in [2.75, 3.05) is 11.9 Å². The van der Waals surface area contributed by atoms with Crippen molar-refractivity contribution >= 4 is 28.6 Å². The van der Waals surface area contributed by atoms with Crippen LogP contribution in [0.3, 0.4) is 0 Å². The van der Waals surface area contributed by atoms with Crippen molar-refractivity contribution in [2.45, 2.75) is 13.5 Å². The third-order valence-electron chi connectivity index (χ3n) is 2.73. The van der Waals surface area contributed by atoms with E-state index in [0.717, 1.165) is 4.88 Å². The molecule has 0 bridgehead atoms. The van der Waals surface area contributed by atoms with E-state index in [0.29, 0.717) is 18.8 Å². The van der Waals surface area contributed by atoms with Gasteiger partial charge in [-0.05, 0) is 13.0 Å². The minimum absolute atomic E-state index is 0.111. The van der Waals surface area contributed by atoms with Crippen molar-refractivity contribution in [1.82, 2.24) is 10.3 Å². The van der Waals surface area contributed by atoms with E-state index in [1.54, 1.807) is 17.8 Å². The van der Waals surface area contributed by atoms with Gasteiger partial charge in [0, 0.05) is 35.4 Å². The molecular weight excluding hydrogens is 292 g/mol. The lowest BCUT2D eigenvalue weighted by Gasteiger charge is -2.10. The first-order valence-corrected chi connectivity index (χ1v) is 7.17. The van der Waals surface area contributed by atoms with E-state index < -0.39 is 4.92 Å². The van der Waals surface area contributed by atoms with Crippen LogP contribution in [-0.4, -0.2) is 22.4 Å². The quantitative estimate of drug-likeness (QED) is 0.631. The Morgan fingerprint density at radius 1 is 1.48 bits per heavy atom. The van der Waals surface area contributed by atoms with Crippen LogP contribution < -0.4 is 10.6 Å². The van der Waals surface area contributed by atoms with Gasteiger partial charge in [0.25, 0.3) is 11.6 Å². The zero-order valence-corrected chi connectivity index (χ0v) is 12.1. The molecule has 2 aromatic rings. The van der Waals surface area contributed by atoms with Gasteiger partial charge in [-0.2, -0.15) is 0 Å². The molecule has 0 atom stereocenters. The number of carbonyl (C=O) groups is 1. The van der Waals surface area contributed by atoms with Gasteiger partial charge in [0.1, 0.15) is 0 Å². The Bertz CT molecular complexity index is 643. The molecule has 1 amide bonds. The Morgan fingerprint density at radius 3 is 2.90 bits per heavy atom. The van der Waals surface area contributed by atoms with Gasteiger partial charge in [-0.15, -0.1) is 11.3 Å². The third-order valence-corrected chi connectivity index (χ3v) is 3.51. The van der Waals surface area contributed by atoms with Gasteiger partial charge in [0.05, 0.1) is 22.5 Å². The minimum Gasteiger partial charge on any atom is -0.385 e. The average molecular weight is 306 g/mol. The van der Waals surface area contributed by atoms with Gasteiger partial charge < -0.3 is 10.6 Å². The lowest BCUT2D eigenvalue weighted by molar-refractivity contribution is -0.384. The molecular formula is C13H14N4O3S. The first-order chi connectivity index (χ1) is 10.1. The van der Waals surface area contributed by atoms with Crippen molar-refractivity contribution in [3.63, 3.8) is 0 Å². The summed E-state index contributed by atoms with van der Waals surface area (Å²) in [4.78, 5) is 27.4. The molecule has 0 saturated heterocycles. The van der Waals surface area contributed by atoms with E-state index in [1.165, 1.54) is 23.5 Å². The van der Waals surface area contributed by atoms with Crippen molar-refractivity contribution in [2.24, 2.45) is 0 Å². The van der Waals surface area contributed by atoms with Gasteiger partial charge in [-0.25, -0.2) is 0 Å². The fourth-order valence-electron chi connectivity index (χ4n) is 1.77. The molecule has 1 heterocycles. The largest absolute Gasteiger partial charge is 0.385 e. The number of anilines is 1. The summed E-state index contributed by atoms with van der Waals surface area (Å²) in [5, 5.41) is 16.6. The summed E-state index contributed by atoms with van der Waals surface area (Å²) in [5.74, 6) is -0.358. The Kier molecular flexibility index (Phi) is 4.83. The molecule has 21 heavy (non-hydrogen) atoms. The van der Waals surface area contributed by atoms with Crippen molar-refractivity contribution in [1.29, 1.82) is 0 Å². The number of amides is 1. The maximum atomic E-state index is 12.2. The Balaban J connectivity index is 2.20. The summed E-state index contributed by atoms with van der Waals surface area (Å²) >= 11 is 1.43. The van der Waals surface area contributed by atoms with E-state index in [4.69, 9.17) is 0 Å². The highest BCUT2D eigenvalue weighted by Gasteiger charge is 2.16. The zero-order valence-electron chi connectivity index (χ0n) is 11.3. The van der Waals surface area contributed by atoms with Gasteiger partial charge in [-0.1, -0.05) is 0 Å². The monoisotopic (exact) mass is 306 g/mol. The molecule has 0 aliphatic carbocycles. The van der Waals surface area contributed by atoms with Crippen LogP contribution in [0.2, 0.25) is 0 Å². The Morgan fingerprint density at radius 2 is 2.29 bits per heavy atom. The number of nitro benzene ring substituents is 1. The van der Waals surface area contributed by atoms with E-state index in [-0.39, 0.29) is 17.2 Å². The molecule has 0 aliphatic rings. The first-order valence-electron chi connectivity index (χ1n) is 6.29. The standard InChI is InChI=1S/C13H14N4O3S/c1-2-15-12-4-3-9(17(19)20)5-11(12)13(18)16-7-10-6-14-8-21-10/h3-6,8,15H,2,7H2,1H3,(H,16,18). The van der Waals surface area contributed by atoms with Crippen LogP contribution in [0, 0.1) is 10.1 Å². The van der Waals surface area contributed by atoms with Crippen LogP contribution in [0.15, 0.2) is 29.9 Å². The van der Waals surface area contributed by atoms with Crippen molar-refractivity contribution in [3.8, 4) is 0 Å². The Labute approximate surface area is 125 Å². The van der Waals surface area contributed by atoms with Crippen molar-refractivity contribution in [3.05, 3.63) is 50.5 Å². The second kappa shape index (κ2) is 6.80. The summed E-state index contributed by atoms with van der Waals surface area (Å²) in [6, 6.07) is 4.20. The number of thiazole rings is 1. The number of hydrogen-bond acceptors (Lipinski definition) is 6. The lowest BCUT2D eigenvalue weighted by atomic mass is 10.1. The molecule has 0 spiro atoms. The first kappa shape index (κ1) is 14.9. The summed E-state index contributed by atoms with van der Waals surface area (Å²) in [6.07, 6.45) is 1.67. The van der Waals surface area contributed by atoms with E-state index >= 15 is 0 Å². The lowest BCUT2D eigenvalue weighted by Crippen LogP contribution is -2.23. The minimum atomic E-state index is -0.518. The van der Waals surface area contributed by atoms with Crippen molar-refractivity contribution < 1.29 is 9.72 Å². The SMILES string of the molecule is CCNc1ccc([N+](=O)[O-])cc1C(=O)NCc1cncs1. The summed E-state index contributed by atoms with van der Waals surface area (Å²) in [6.45, 7) is 2.85.